The predicted molar refractivity (Wildman–Crippen MR) is 72.8 cm³/mol. The molecule has 0 aliphatic heterocycles. The lowest BCUT2D eigenvalue weighted by Crippen LogP contribution is -2.04. The van der Waals surface area contributed by atoms with E-state index in [0.717, 1.165) is 30.1 Å². The molecule has 0 aliphatic rings. The minimum atomic E-state index is 0.554. The maximum atomic E-state index is 5.75. The van der Waals surface area contributed by atoms with E-state index in [1.165, 1.54) is 0 Å². The molecule has 4 nitrogen and oxygen atoms in total. The summed E-state index contributed by atoms with van der Waals surface area (Å²) >= 11 is 0. The molecule has 1 aromatic heterocycles. The molecule has 0 fully saturated rings. The third-order valence-electron chi connectivity index (χ3n) is 2.79. The first kappa shape index (κ1) is 12.5. The zero-order chi connectivity index (χ0) is 12.8. The molecule has 0 amide bonds. The van der Waals surface area contributed by atoms with Crippen LogP contribution in [-0.4, -0.2) is 16.6 Å². The highest BCUT2D eigenvalue weighted by Gasteiger charge is 2.02. The van der Waals surface area contributed by atoms with Crippen LogP contribution in [0.5, 0.6) is 5.75 Å². The van der Waals surface area contributed by atoms with Crippen LogP contribution in [0, 0.1) is 0 Å². The average molecular weight is 245 g/mol. The zero-order valence-corrected chi connectivity index (χ0v) is 10.9. The van der Waals surface area contributed by atoms with Gasteiger partial charge in [0.2, 0.25) is 0 Å². The van der Waals surface area contributed by atoms with E-state index in [0.29, 0.717) is 6.61 Å². The lowest BCUT2D eigenvalue weighted by atomic mass is 10.3. The van der Waals surface area contributed by atoms with Crippen LogP contribution in [-0.2, 0) is 13.2 Å². The minimum absolute atomic E-state index is 0.554. The van der Waals surface area contributed by atoms with Crippen molar-refractivity contribution >= 4 is 5.69 Å². The summed E-state index contributed by atoms with van der Waals surface area (Å²) in [6.07, 6.45) is 4.81. The van der Waals surface area contributed by atoms with Crippen molar-refractivity contribution < 1.29 is 4.74 Å². The number of anilines is 1. The van der Waals surface area contributed by atoms with Crippen LogP contribution in [0.25, 0.3) is 0 Å². The first-order valence-corrected chi connectivity index (χ1v) is 6.23. The molecule has 0 bridgehead atoms. The molecule has 1 aromatic carbocycles. The lowest BCUT2D eigenvalue weighted by Gasteiger charge is -2.09. The van der Waals surface area contributed by atoms with E-state index in [2.05, 4.69) is 21.8 Å². The Morgan fingerprint density at radius 1 is 1.28 bits per heavy atom. The first-order chi connectivity index (χ1) is 8.83. The minimum Gasteiger partial charge on any atom is -0.487 e. The van der Waals surface area contributed by atoms with E-state index in [-0.39, 0.29) is 0 Å². The van der Waals surface area contributed by atoms with Crippen molar-refractivity contribution in [1.29, 1.82) is 0 Å². The van der Waals surface area contributed by atoms with Crippen molar-refractivity contribution in [2.75, 3.05) is 12.4 Å². The van der Waals surface area contributed by atoms with Crippen LogP contribution in [0.1, 0.15) is 19.0 Å². The van der Waals surface area contributed by atoms with Crippen LogP contribution in [0.2, 0.25) is 0 Å². The van der Waals surface area contributed by atoms with Crippen LogP contribution >= 0.6 is 0 Å². The van der Waals surface area contributed by atoms with Gasteiger partial charge in [-0.1, -0.05) is 6.92 Å². The van der Waals surface area contributed by atoms with Gasteiger partial charge >= 0.3 is 0 Å². The molecule has 1 N–H and O–H groups in total. The van der Waals surface area contributed by atoms with Crippen molar-refractivity contribution in [2.45, 2.75) is 26.5 Å². The Labute approximate surface area is 108 Å². The van der Waals surface area contributed by atoms with Crippen LogP contribution in [0.15, 0.2) is 36.8 Å². The van der Waals surface area contributed by atoms with Gasteiger partial charge in [-0.3, -0.25) is 0 Å². The summed E-state index contributed by atoms with van der Waals surface area (Å²) in [7, 11) is 1.90. The molecule has 0 unspecified atom stereocenters. The molecule has 0 atom stereocenters. The summed E-state index contributed by atoms with van der Waals surface area (Å²) in [6.45, 7) is 3.69. The fourth-order valence-corrected chi connectivity index (χ4v) is 1.79. The van der Waals surface area contributed by atoms with Gasteiger partial charge in [-0.25, -0.2) is 4.98 Å². The number of nitrogens with zero attached hydrogens (tertiary/aromatic N) is 2. The fraction of sp³-hybridized carbons (Fsp3) is 0.357. The maximum absolute atomic E-state index is 5.75. The average Bonchev–Trinajstić information content (AvgIpc) is 2.85. The van der Waals surface area contributed by atoms with E-state index in [1.54, 1.807) is 0 Å². The highest BCUT2D eigenvalue weighted by Crippen LogP contribution is 2.16. The van der Waals surface area contributed by atoms with Gasteiger partial charge in [-0.15, -0.1) is 0 Å². The monoisotopic (exact) mass is 245 g/mol. The Morgan fingerprint density at radius 2 is 2.06 bits per heavy atom. The molecule has 4 heteroatoms. The van der Waals surface area contributed by atoms with E-state index in [4.69, 9.17) is 4.74 Å². The largest absolute Gasteiger partial charge is 0.487 e. The molecule has 96 valence electrons. The molecule has 0 radical (unpaired) electrons. The van der Waals surface area contributed by atoms with Gasteiger partial charge in [0.05, 0.1) is 18.2 Å². The Kier molecular flexibility index (Phi) is 4.23. The molecule has 0 saturated heterocycles. The number of rotatable bonds is 6. The van der Waals surface area contributed by atoms with Crippen molar-refractivity contribution in [3.05, 3.63) is 42.5 Å². The molecular formula is C14H19N3O. The second-order valence-electron chi connectivity index (χ2n) is 4.14. The molecular weight excluding hydrogens is 226 g/mol. The standard InChI is InChI=1S/C14H19N3O/c1-3-8-17-11-16-9-13(17)10-18-14-6-4-12(15-2)5-7-14/h4-7,9,11,15H,3,8,10H2,1-2H3. The fourth-order valence-electron chi connectivity index (χ4n) is 1.79. The van der Waals surface area contributed by atoms with E-state index in [9.17, 15) is 0 Å². The Balaban J connectivity index is 1.95. The van der Waals surface area contributed by atoms with E-state index in [1.807, 2.05) is 43.8 Å². The summed E-state index contributed by atoms with van der Waals surface area (Å²) in [6, 6.07) is 7.93. The summed E-state index contributed by atoms with van der Waals surface area (Å²) in [5.41, 5.74) is 2.19. The van der Waals surface area contributed by atoms with Crippen LogP contribution < -0.4 is 10.1 Å². The van der Waals surface area contributed by atoms with Gasteiger partial charge in [-0.2, -0.15) is 0 Å². The zero-order valence-electron chi connectivity index (χ0n) is 10.9. The lowest BCUT2D eigenvalue weighted by molar-refractivity contribution is 0.294. The predicted octanol–water partition coefficient (Wildman–Crippen LogP) is 2.91. The van der Waals surface area contributed by atoms with E-state index < -0.39 is 0 Å². The smallest absolute Gasteiger partial charge is 0.130 e. The van der Waals surface area contributed by atoms with Gasteiger partial charge in [0, 0.05) is 19.3 Å². The summed E-state index contributed by atoms with van der Waals surface area (Å²) in [5, 5.41) is 3.08. The Bertz CT molecular complexity index is 476. The first-order valence-electron chi connectivity index (χ1n) is 6.23. The highest BCUT2D eigenvalue weighted by atomic mass is 16.5. The van der Waals surface area contributed by atoms with Gasteiger partial charge in [0.15, 0.2) is 0 Å². The van der Waals surface area contributed by atoms with Gasteiger partial charge in [-0.05, 0) is 30.7 Å². The summed E-state index contributed by atoms with van der Waals surface area (Å²) in [4.78, 5) is 4.15. The number of imidazole rings is 1. The normalized spacial score (nSPS) is 10.3. The second-order valence-corrected chi connectivity index (χ2v) is 4.14. The van der Waals surface area contributed by atoms with Crippen molar-refractivity contribution in [1.82, 2.24) is 9.55 Å². The number of aryl methyl sites for hydroxylation is 1. The van der Waals surface area contributed by atoms with Gasteiger partial charge in [0.25, 0.3) is 0 Å². The topological polar surface area (TPSA) is 39.1 Å². The molecule has 0 saturated carbocycles. The van der Waals surface area contributed by atoms with Crippen molar-refractivity contribution in [3.8, 4) is 5.75 Å². The molecule has 2 aromatic rings. The van der Waals surface area contributed by atoms with Gasteiger partial charge < -0.3 is 14.6 Å². The van der Waals surface area contributed by atoms with Crippen LogP contribution in [0.3, 0.4) is 0 Å². The summed E-state index contributed by atoms with van der Waals surface area (Å²) in [5.74, 6) is 0.873. The molecule has 2 rings (SSSR count). The molecule has 1 heterocycles. The van der Waals surface area contributed by atoms with Crippen molar-refractivity contribution in [2.24, 2.45) is 0 Å². The second kappa shape index (κ2) is 6.10. The Morgan fingerprint density at radius 3 is 2.72 bits per heavy atom. The molecule has 18 heavy (non-hydrogen) atoms. The molecule has 0 spiro atoms. The number of benzene rings is 1. The quantitative estimate of drug-likeness (QED) is 0.850. The number of hydrogen-bond donors (Lipinski definition) is 1. The highest BCUT2D eigenvalue weighted by molar-refractivity contribution is 5.45. The third kappa shape index (κ3) is 3.03. The number of aromatic nitrogens is 2. The Hall–Kier alpha value is -1.97. The van der Waals surface area contributed by atoms with Crippen molar-refractivity contribution in [3.63, 3.8) is 0 Å². The number of ether oxygens (including phenoxy) is 1. The maximum Gasteiger partial charge on any atom is 0.130 e. The summed E-state index contributed by atoms with van der Waals surface area (Å²) < 4.78 is 7.88. The molecule has 0 aliphatic carbocycles. The van der Waals surface area contributed by atoms with E-state index >= 15 is 0 Å². The SMILES string of the molecule is CCCn1cncc1COc1ccc(NC)cc1. The third-order valence-corrected chi connectivity index (χ3v) is 2.79. The number of hydrogen-bond acceptors (Lipinski definition) is 3. The number of nitrogens with one attached hydrogen (secondary N) is 1. The van der Waals surface area contributed by atoms with Gasteiger partial charge in [0.1, 0.15) is 12.4 Å². The van der Waals surface area contributed by atoms with Crippen LogP contribution in [0.4, 0.5) is 5.69 Å².